The number of rotatable bonds is 6. The molecule has 0 bridgehead atoms. The van der Waals surface area contributed by atoms with Gasteiger partial charge in [0.15, 0.2) is 0 Å². The van der Waals surface area contributed by atoms with E-state index in [0.717, 1.165) is 49.6 Å². The van der Waals surface area contributed by atoms with E-state index in [2.05, 4.69) is 20.2 Å². The fourth-order valence-electron chi connectivity index (χ4n) is 2.53. The van der Waals surface area contributed by atoms with E-state index < -0.39 is 0 Å². The van der Waals surface area contributed by atoms with Gasteiger partial charge in [-0.2, -0.15) is 0 Å². The van der Waals surface area contributed by atoms with Gasteiger partial charge >= 0.3 is 0 Å². The summed E-state index contributed by atoms with van der Waals surface area (Å²) in [6.45, 7) is 9.90. The number of nitrogens with one attached hydrogen (secondary N) is 2. The summed E-state index contributed by atoms with van der Waals surface area (Å²) in [6.07, 6.45) is 4.36. The van der Waals surface area contributed by atoms with E-state index in [1.807, 2.05) is 20.8 Å². The van der Waals surface area contributed by atoms with Crippen molar-refractivity contribution in [2.24, 2.45) is 0 Å². The van der Waals surface area contributed by atoms with Gasteiger partial charge in [-0.05, 0) is 27.2 Å². The number of hydrogen-bond donors (Lipinski definition) is 2. The number of carbonyl (C=O) groups excluding carboxylic acids is 1. The molecule has 22 heavy (non-hydrogen) atoms. The Morgan fingerprint density at radius 2 is 2.41 bits per heavy atom. The number of morpholine rings is 1. The second kappa shape index (κ2) is 8.10. The quantitative estimate of drug-likeness (QED) is 0.779. The van der Waals surface area contributed by atoms with Gasteiger partial charge in [-0.15, -0.1) is 0 Å². The number of imidazole rings is 1. The van der Waals surface area contributed by atoms with E-state index in [1.54, 1.807) is 12.4 Å². The summed E-state index contributed by atoms with van der Waals surface area (Å²) in [6, 6.07) is 0. The Morgan fingerprint density at radius 3 is 3.09 bits per heavy atom. The zero-order valence-corrected chi connectivity index (χ0v) is 13.7. The number of aryl methyl sites for hydroxylation is 1. The van der Waals surface area contributed by atoms with E-state index >= 15 is 0 Å². The Kier molecular flexibility index (Phi) is 6.15. The fraction of sp³-hybridized carbons (Fsp3) is 0.625. The molecule has 0 aliphatic carbocycles. The van der Waals surface area contributed by atoms with Crippen LogP contribution >= 0.6 is 0 Å². The molecule has 1 saturated heterocycles. The molecule has 0 radical (unpaired) electrons. The Bertz CT molecular complexity index is 520. The standard InChI is InChI=1S/C16H26N4O2/c1-12(2)8-16(21)17-5-4-14-9-20(6-7-22-14)10-15-13(3)18-11-19-15/h8,11,14H,4-7,9-10H2,1-3H3,(H,17,21)(H,18,19)/t14-/m1/s1. The van der Waals surface area contributed by atoms with Crippen LogP contribution in [0.15, 0.2) is 18.0 Å². The number of H-pyrrole nitrogens is 1. The number of amides is 1. The Labute approximate surface area is 131 Å². The molecule has 0 spiro atoms. The number of hydrogen-bond acceptors (Lipinski definition) is 4. The Balaban J connectivity index is 1.73. The first-order valence-corrected chi connectivity index (χ1v) is 7.80. The van der Waals surface area contributed by atoms with Crippen LogP contribution in [-0.2, 0) is 16.1 Å². The molecule has 1 amide bonds. The molecule has 1 aromatic rings. The SMILES string of the molecule is CC(C)=CC(=O)NCC[C@@H]1CN(Cc2nc[nH]c2C)CCO1. The zero-order chi connectivity index (χ0) is 15.9. The van der Waals surface area contributed by atoms with Gasteiger partial charge in [-0.3, -0.25) is 9.69 Å². The highest BCUT2D eigenvalue weighted by atomic mass is 16.5. The normalized spacial score (nSPS) is 19.0. The van der Waals surface area contributed by atoms with Gasteiger partial charge in [0.05, 0.1) is 24.7 Å². The lowest BCUT2D eigenvalue weighted by atomic mass is 10.2. The van der Waals surface area contributed by atoms with Crippen LogP contribution in [0.3, 0.4) is 0 Å². The molecule has 6 nitrogen and oxygen atoms in total. The predicted molar refractivity (Wildman–Crippen MR) is 85.4 cm³/mol. The summed E-state index contributed by atoms with van der Waals surface area (Å²) in [4.78, 5) is 21.4. The van der Waals surface area contributed by atoms with Gasteiger partial charge in [-0.25, -0.2) is 4.98 Å². The molecule has 0 saturated carbocycles. The molecule has 2 N–H and O–H groups in total. The van der Waals surface area contributed by atoms with Crippen molar-refractivity contribution in [3.63, 3.8) is 0 Å². The third-order valence-electron chi connectivity index (χ3n) is 3.72. The topological polar surface area (TPSA) is 70.2 Å². The minimum Gasteiger partial charge on any atom is -0.375 e. The third kappa shape index (κ3) is 5.27. The first-order chi connectivity index (χ1) is 10.5. The number of ether oxygens (including phenoxy) is 1. The second-order valence-electron chi connectivity index (χ2n) is 6.00. The summed E-state index contributed by atoms with van der Waals surface area (Å²) >= 11 is 0. The number of aromatic nitrogens is 2. The van der Waals surface area contributed by atoms with Crippen LogP contribution in [-0.4, -0.2) is 53.1 Å². The average molecular weight is 306 g/mol. The van der Waals surface area contributed by atoms with Crippen LogP contribution in [0.1, 0.15) is 31.7 Å². The summed E-state index contributed by atoms with van der Waals surface area (Å²) in [5, 5.41) is 2.90. The summed E-state index contributed by atoms with van der Waals surface area (Å²) in [5.41, 5.74) is 3.22. The lowest BCUT2D eigenvalue weighted by molar-refractivity contribution is -0.116. The minimum absolute atomic E-state index is 0.0280. The van der Waals surface area contributed by atoms with Crippen LogP contribution in [0.4, 0.5) is 0 Å². The van der Waals surface area contributed by atoms with E-state index in [9.17, 15) is 4.79 Å². The van der Waals surface area contributed by atoms with Gasteiger partial charge in [0.1, 0.15) is 0 Å². The minimum atomic E-state index is -0.0280. The maximum absolute atomic E-state index is 11.6. The Morgan fingerprint density at radius 1 is 1.59 bits per heavy atom. The molecular weight excluding hydrogens is 280 g/mol. The average Bonchev–Trinajstić information content (AvgIpc) is 2.84. The highest BCUT2D eigenvalue weighted by molar-refractivity contribution is 5.87. The lowest BCUT2D eigenvalue weighted by Crippen LogP contribution is -2.43. The van der Waals surface area contributed by atoms with E-state index in [0.29, 0.717) is 6.54 Å². The maximum Gasteiger partial charge on any atom is 0.243 e. The van der Waals surface area contributed by atoms with Crippen molar-refractivity contribution in [2.75, 3.05) is 26.2 Å². The first-order valence-electron chi connectivity index (χ1n) is 7.80. The van der Waals surface area contributed by atoms with Crippen LogP contribution in [0.2, 0.25) is 0 Å². The zero-order valence-electron chi connectivity index (χ0n) is 13.7. The number of aromatic amines is 1. The molecular formula is C16H26N4O2. The first kappa shape index (κ1) is 16.7. The van der Waals surface area contributed by atoms with Crippen molar-refractivity contribution in [2.45, 2.75) is 39.8 Å². The smallest absolute Gasteiger partial charge is 0.243 e. The van der Waals surface area contributed by atoms with Crippen LogP contribution in [0.25, 0.3) is 0 Å². The van der Waals surface area contributed by atoms with Crippen molar-refractivity contribution in [1.82, 2.24) is 20.2 Å². The highest BCUT2D eigenvalue weighted by Gasteiger charge is 2.21. The maximum atomic E-state index is 11.6. The lowest BCUT2D eigenvalue weighted by Gasteiger charge is -2.32. The van der Waals surface area contributed by atoms with Gasteiger partial charge in [0.25, 0.3) is 0 Å². The largest absolute Gasteiger partial charge is 0.375 e. The molecule has 1 atom stereocenters. The van der Waals surface area contributed by atoms with Crippen LogP contribution in [0, 0.1) is 6.92 Å². The summed E-state index contributed by atoms with van der Waals surface area (Å²) in [7, 11) is 0. The summed E-state index contributed by atoms with van der Waals surface area (Å²) in [5.74, 6) is -0.0280. The fourth-order valence-corrected chi connectivity index (χ4v) is 2.53. The highest BCUT2D eigenvalue weighted by Crippen LogP contribution is 2.12. The molecule has 2 rings (SSSR count). The third-order valence-corrected chi connectivity index (χ3v) is 3.72. The molecule has 122 valence electrons. The van der Waals surface area contributed by atoms with Gasteiger partial charge in [-0.1, -0.05) is 5.57 Å². The molecule has 2 heterocycles. The van der Waals surface area contributed by atoms with Gasteiger partial charge in [0, 0.05) is 37.9 Å². The van der Waals surface area contributed by atoms with Gasteiger partial charge in [0.2, 0.25) is 5.91 Å². The Hall–Kier alpha value is -1.66. The molecule has 1 fully saturated rings. The van der Waals surface area contributed by atoms with Crippen molar-refractivity contribution in [3.05, 3.63) is 29.4 Å². The van der Waals surface area contributed by atoms with Crippen molar-refractivity contribution in [1.29, 1.82) is 0 Å². The summed E-state index contributed by atoms with van der Waals surface area (Å²) < 4.78 is 5.78. The van der Waals surface area contributed by atoms with E-state index in [-0.39, 0.29) is 12.0 Å². The predicted octanol–water partition coefficient (Wildman–Crippen LogP) is 1.39. The van der Waals surface area contributed by atoms with E-state index in [4.69, 9.17) is 4.74 Å². The second-order valence-corrected chi connectivity index (χ2v) is 6.00. The number of carbonyl (C=O) groups is 1. The van der Waals surface area contributed by atoms with Crippen molar-refractivity contribution < 1.29 is 9.53 Å². The van der Waals surface area contributed by atoms with Crippen LogP contribution < -0.4 is 5.32 Å². The monoisotopic (exact) mass is 306 g/mol. The van der Waals surface area contributed by atoms with Crippen LogP contribution in [0.5, 0.6) is 0 Å². The van der Waals surface area contributed by atoms with Crippen molar-refractivity contribution >= 4 is 5.91 Å². The molecule has 1 aliphatic rings. The molecule has 1 aliphatic heterocycles. The molecule has 0 aromatic carbocycles. The molecule has 1 aromatic heterocycles. The number of nitrogens with zero attached hydrogens (tertiary/aromatic N) is 2. The van der Waals surface area contributed by atoms with E-state index in [1.165, 1.54) is 0 Å². The molecule has 6 heteroatoms. The number of allylic oxidation sites excluding steroid dienone is 1. The van der Waals surface area contributed by atoms with Crippen molar-refractivity contribution in [3.8, 4) is 0 Å². The molecule has 0 unspecified atom stereocenters. The van der Waals surface area contributed by atoms with Gasteiger partial charge < -0.3 is 15.0 Å².